The lowest BCUT2D eigenvalue weighted by molar-refractivity contribution is 0.556. The predicted molar refractivity (Wildman–Crippen MR) is 411 cm³/mol. The monoisotopic (exact) mass is 1290 g/mol. The molecule has 6 heteroatoms. The number of hydrogen-bond acceptors (Lipinski definition) is 6. The summed E-state index contributed by atoms with van der Waals surface area (Å²) in [5.74, 6) is 0. The van der Waals surface area contributed by atoms with Crippen LogP contribution in [0, 0.1) is 13.8 Å². The number of benzene rings is 2. The van der Waals surface area contributed by atoms with Crippen molar-refractivity contribution >= 4 is 76.6 Å². The van der Waals surface area contributed by atoms with E-state index in [9.17, 15) is 0 Å². The van der Waals surface area contributed by atoms with Gasteiger partial charge in [-0.3, -0.25) is 0 Å². The van der Waals surface area contributed by atoms with Gasteiger partial charge in [-0.2, -0.15) is 0 Å². The second-order valence-electron chi connectivity index (χ2n) is 28.0. The zero-order valence-corrected chi connectivity index (χ0v) is 62.6. The third-order valence-corrected chi connectivity index (χ3v) is 24.9. The Hall–Kier alpha value is -2.90. The van der Waals surface area contributed by atoms with Gasteiger partial charge in [-0.1, -0.05) is 298 Å². The summed E-state index contributed by atoms with van der Waals surface area (Å²) in [6.07, 6.45) is 66.1. The van der Waals surface area contributed by atoms with Crippen molar-refractivity contribution in [3.8, 4) is 30.6 Å². The van der Waals surface area contributed by atoms with Crippen molar-refractivity contribution < 1.29 is 0 Å². The molecule has 2 aromatic carbocycles. The molecule has 500 valence electrons. The fraction of sp³-hybridized carbons (Fsp3) is 0.690. The number of aromatic nitrogens is 2. The molecule has 0 atom stereocenters. The molecule has 0 amide bonds. The Kier molecular flexibility index (Phi) is 36.4. The molecule has 0 radical (unpaired) electrons. The number of nitrogens with zero attached hydrogens (tertiary/aromatic N) is 2. The molecule has 5 heterocycles. The number of thiophene rings is 4. The highest BCUT2D eigenvalue weighted by atomic mass is 32.1. The Morgan fingerprint density at radius 1 is 0.289 bits per heavy atom. The smallest absolute Gasteiger partial charge is 0.0983 e. The maximum Gasteiger partial charge on any atom is 0.0983 e. The summed E-state index contributed by atoms with van der Waals surface area (Å²) in [6, 6.07) is 15.5. The molecule has 0 bridgehead atoms. The lowest BCUT2D eigenvalue weighted by atomic mass is 9.91. The highest BCUT2D eigenvalue weighted by molar-refractivity contribution is 7.31. The Labute approximate surface area is 569 Å². The largest absolute Gasteiger partial charge is 0.249 e. The first kappa shape index (κ1) is 74.5. The summed E-state index contributed by atoms with van der Waals surface area (Å²) in [5.41, 5.74) is 14.0. The summed E-state index contributed by atoms with van der Waals surface area (Å²) >= 11 is 8.30. The van der Waals surface area contributed by atoms with E-state index < -0.39 is 0 Å². The van der Waals surface area contributed by atoms with Crippen LogP contribution < -0.4 is 0 Å². The molecule has 0 unspecified atom stereocenters. The van der Waals surface area contributed by atoms with E-state index in [4.69, 9.17) is 9.97 Å². The fourth-order valence-corrected chi connectivity index (χ4v) is 19.3. The van der Waals surface area contributed by atoms with Crippen LogP contribution in [0.2, 0.25) is 0 Å². The molecule has 2 nitrogen and oxygen atoms in total. The first-order valence-corrected chi connectivity index (χ1v) is 42.1. The van der Waals surface area contributed by atoms with Gasteiger partial charge in [0, 0.05) is 40.4 Å². The zero-order chi connectivity index (χ0) is 63.4. The number of hydrogen-bond donors (Lipinski definition) is 0. The quantitative estimate of drug-likeness (QED) is 0.0355. The lowest BCUT2D eigenvalue weighted by Gasteiger charge is -2.15. The molecule has 0 N–H and O–H groups in total. The molecule has 0 spiro atoms. The second-order valence-corrected chi connectivity index (χ2v) is 32.6. The number of rotatable bonds is 53. The molecular weight excluding hydrogens is 1170 g/mol. The summed E-state index contributed by atoms with van der Waals surface area (Å²) in [7, 11) is 0. The van der Waals surface area contributed by atoms with Gasteiger partial charge in [0.15, 0.2) is 0 Å². The molecule has 0 aliphatic rings. The van der Waals surface area contributed by atoms with Crippen molar-refractivity contribution in [2.24, 2.45) is 0 Å². The maximum atomic E-state index is 6.02. The van der Waals surface area contributed by atoms with Crippen molar-refractivity contribution in [3.63, 3.8) is 0 Å². The Morgan fingerprint density at radius 2 is 0.611 bits per heavy atom. The summed E-state index contributed by atoms with van der Waals surface area (Å²) in [4.78, 5) is 20.7. The van der Waals surface area contributed by atoms with Crippen LogP contribution in [0.15, 0.2) is 36.4 Å². The Morgan fingerprint density at radius 3 is 1.02 bits per heavy atom. The first-order valence-electron chi connectivity index (χ1n) is 38.9. The molecule has 7 aromatic rings. The van der Waals surface area contributed by atoms with E-state index in [0.717, 1.165) is 30.3 Å². The van der Waals surface area contributed by atoms with Crippen LogP contribution in [-0.4, -0.2) is 9.97 Å². The second kappa shape index (κ2) is 44.0. The molecule has 0 fully saturated rings. The normalized spacial score (nSPS) is 12.0. The van der Waals surface area contributed by atoms with Crippen LogP contribution in [0.25, 0.3) is 61.8 Å². The number of aryl methyl sites for hydroxylation is 8. The van der Waals surface area contributed by atoms with Crippen LogP contribution >= 0.6 is 45.3 Å². The van der Waals surface area contributed by atoms with Crippen LogP contribution in [0.5, 0.6) is 0 Å². The van der Waals surface area contributed by atoms with Gasteiger partial charge in [0.2, 0.25) is 0 Å². The summed E-state index contributed by atoms with van der Waals surface area (Å²) in [6.45, 7) is 18.8. The van der Waals surface area contributed by atoms with Crippen molar-refractivity contribution in [1.29, 1.82) is 0 Å². The van der Waals surface area contributed by atoms with Gasteiger partial charge in [-0.05, 0) is 148 Å². The molecule has 0 saturated carbocycles. The van der Waals surface area contributed by atoms with Crippen molar-refractivity contribution in [1.82, 2.24) is 9.97 Å². The number of unbranched alkanes of at least 4 members (excludes halogenated alkanes) is 38. The van der Waals surface area contributed by atoms with Gasteiger partial charge in [-0.25, -0.2) is 9.97 Å². The van der Waals surface area contributed by atoms with Gasteiger partial charge < -0.3 is 0 Å². The van der Waals surface area contributed by atoms with E-state index in [0.29, 0.717) is 0 Å². The summed E-state index contributed by atoms with van der Waals surface area (Å²) < 4.78 is 3.11. The molecule has 90 heavy (non-hydrogen) atoms. The molecular formula is C84H130N2S4. The van der Waals surface area contributed by atoms with E-state index in [1.165, 1.54) is 354 Å². The Bertz CT molecular complexity index is 3050. The first-order chi connectivity index (χ1) is 44.3. The van der Waals surface area contributed by atoms with Crippen molar-refractivity contribution in [2.45, 2.75) is 376 Å². The van der Waals surface area contributed by atoms with E-state index in [-0.39, 0.29) is 0 Å². The van der Waals surface area contributed by atoms with Crippen LogP contribution in [0.4, 0.5) is 0 Å². The topological polar surface area (TPSA) is 25.8 Å². The fourth-order valence-electron chi connectivity index (χ4n) is 14.5. The number of fused-ring (bicyclic) bond motifs is 4. The van der Waals surface area contributed by atoms with E-state index in [2.05, 4.69) is 126 Å². The minimum absolute atomic E-state index is 1.03. The summed E-state index contributed by atoms with van der Waals surface area (Å²) in [5, 5.41) is 3.16. The van der Waals surface area contributed by atoms with Gasteiger partial charge >= 0.3 is 0 Å². The maximum absolute atomic E-state index is 6.02. The highest BCUT2D eigenvalue weighted by Gasteiger charge is 2.25. The average Bonchev–Trinajstić information content (AvgIpc) is 1.61. The highest BCUT2D eigenvalue weighted by Crippen LogP contribution is 2.50. The van der Waals surface area contributed by atoms with E-state index >= 15 is 0 Å². The van der Waals surface area contributed by atoms with Crippen molar-refractivity contribution in [3.05, 3.63) is 79.8 Å². The average molecular weight is 1300 g/mol. The van der Waals surface area contributed by atoms with E-state index in [1.807, 2.05) is 11.3 Å². The van der Waals surface area contributed by atoms with Gasteiger partial charge in [0.05, 0.1) is 31.8 Å². The van der Waals surface area contributed by atoms with Gasteiger partial charge in [0.25, 0.3) is 0 Å². The SMILES string of the molecule is CCCCCCCCCCCCc1cc(-c2ccc(-c3cc(CCCCCCCCCCCC)c(-c4cc5c(CCCCCCCC)c(CCCCCCCC)c6cc(C)sc6c5s4)s3)c3nc(CCCCCCCC)c(CCCCCCCC)nc23)sc1C. The molecule has 0 aliphatic heterocycles. The van der Waals surface area contributed by atoms with Gasteiger partial charge in [-0.15, -0.1) is 45.3 Å². The third-order valence-electron chi connectivity index (χ3n) is 20.1. The molecule has 0 saturated heterocycles. The van der Waals surface area contributed by atoms with Crippen LogP contribution in [0.3, 0.4) is 0 Å². The standard InChI is InChI=1S/C84H130N2S4/c1-9-15-21-27-33-35-37-39-41-47-53-67-62-77(88-66(67)8)71-59-60-72(81-80(71)85-75(57-51-45-31-25-19-13-5)76(86-81)58-52-46-32-26-20-14-6)78-63-68(54-48-42-40-38-36-34-28-22-16-10-2)82(89-78)79-64-74-70(56-50-44-30-24-18-12-4)69(55-49-43-29-23-17-11-3)73-61-65(7)87-83(73)84(74)90-79/h59-64H,9-58H2,1-8H3. The Balaban J connectivity index is 1.31. The van der Waals surface area contributed by atoms with E-state index in [1.54, 1.807) is 42.4 Å². The third kappa shape index (κ3) is 24.1. The minimum Gasteiger partial charge on any atom is -0.249 e. The lowest BCUT2D eigenvalue weighted by Crippen LogP contribution is -2.05. The zero-order valence-electron chi connectivity index (χ0n) is 59.3. The molecule has 5 aromatic heterocycles. The van der Waals surface area contributed by atoms with Crippen LogP contribution in [-0.2, 0) is 38.5 Å². The molecule has 0 aliphatic carbocycles. The van der Waals surface area contributed by atoms with Gasteiger partial charge in [0.1, 0.15) is 0 Å². The molecule has 7 rings (SSSR count). The predicted octanol–water partition coefficient (Wildman–Crippen LogP) is 30.3. The van der Waals surface area contributed by atoms with Crippen LogP contribution in [0.1, 0.15) is 367 Å². The minimum atomic E-state index is 1.03. The van der Waals surface area contributed by atoms with Crippen molar-refractivity contribution in [2.75, 3.05) is 0 Å².